The summed E-state index contributed by atoms with van der Waals surface area (Å²) in [6.45, 7) is 2.05. The number of thiazole rings is 1. The first-order chi connectivity index (χ1) is 12.2. The summed E-state index contributed by atoms with van der Waals surface area (Å²) in [5.74, 6) is 1.16. The molecule has 0 aliphatic carbocycles. The van der Waals surface area contributed by atoms with Crippen LogP contribution in [0, 0.1) is 6.92 Å². The molecule has 0 N–H and O–H groups in total. The van der Waals surface area contributed by atoms with Crippen LogP contribution >= 0.6 is 22.9 Å². The molecule has 0 bridgehead atoms. The Bertz CT molecular complexity index is 1010. The summed E-state index contributed by atoms with van der Waals surface area (Å²) in [5.41, 5.74) is 4.05. The average Bonchev–Trinajstić information content (AvgIpc) is 3.26. The van der Waals surface area contributed by atoms with Crippen LogP contribution in [0.4, 0.5) is 0 Å². The van der Waals surface area contributed by atoms with E-state index in [0.717, 1.165) is 21.8 Å². The van der Waals surface area contributed by atoms with Gasteiger partial charge in [0.15, 0.2) is 0 Å². The maximum atomic E-state index is 6.04. The summed E-state index contributed by atoms with van der Waals surface area (Å²) < 4.78 is 5.37. The fourth-order valence-electron chi connectivity index (χ4n) is 2.45. The van der Waals surface area contributed by atoms with E-state index < -0.39 is 0 Å². The maximum Gasteiger partial charge on any atom is 0.233 e. The first kappa shape index (κ1) is 16.0. The largest absolute Gasteiger partial charge is 0.339 e. The van der Waals surface area contributed by atoms with Crippen LogP contribution in [0.3, 0.4) is 0 Å². The molecule has 4 nitrogen and oxygen atoms in total. The summed E-state index contributed by atoms with van der Waals surface area (Å²) in [7, 11) is 0. The predicted molar refractivity (Wildman–Crippen MR) is 99.8 cm³/mol. The van der Waals surface area contributed by atoms with E-state index in [1.54, 1.807) is 11.3 Å². The van der Waals surface area contributed by atoms with Gasteiger partial charge in [0.05, 0.1) is 12.1 Å². The third-order valence-electron chi connectivity index (χ3n) is 3.75. The Morgan fingerprint density at radius 2 is 1.88 bits per heavy atom. The van der Waals surface area contributed by atoms with Crippen LogP contribution in [0.25, 0.3) is 22.6 Å². The topological polar surface area (TPSA) is 51.8 Å². The van der Waals surface area contributed by atoms with E-state index in [4.69, 9.17) is 16.1 Å². The number of halogens is 1. The van der Waals surface area contributed by atoms with Crippen LogP contribution in [-0.2, 0) is 6.42 Å². The van der Waals surface area contributed by atoms with Gasteiger partial charge in [-0.05, 0) is 19.1 Å². The molecule has 0 aliphatic rings. The summed E-state index contributed by atoms with van der Waals surface area (Å²) in [6, 6.07) is 15.7. The molecule has 25 heavy (non-hydrogen) atoms. The molecule has 0 radical (unpaired) electrons. The quantitative estimate of drug-likeness (QED) is 0.483. The lowest BCUT2D eigenvalue weighted by Gasteiger charge is -1.96. The fraction of sp³-hybridized carbons (Fsp3) is 0.105. The van der Waals surface area contributed by atoms with Crippen LogP contribution in [0.2, 0.25) is 5.02 Å². The van der Waals surface area contributed by atoms with Gasteiger partial charge in [0.2, 0.25) is 11.7 Å². The highest BCUT2D eigenvalue weighted by Crippen LogP contribution is 2.26. The van der Waals surface area contributed by atoms with E-state index in [2.05, 4.69) is 15.1 Å². The number of hydrogen-bond donors (Lipinski definition) is 0. The summed E-state index contributed by atoms with van der Waals surface area (Å²) in [6.07, 6.45) is 0.518. The van der Waals surface area contributed by atoms with E-state index in [0.29, 0.717) is 23.2 Å². The van der Waals surface area contributed by atoms with Gasteiger partial charge in [-0.1, -0.05) is 58.7 Å². The van der Waals surface area contributed by atoms with Gasteiger partial charge < -0.3 is 4.52 Å². The number of rotatable bonds is 4. The fourth-order valence-corrected chi connectivity index (χ4v) is 3.43. The molecule has 4 aromatic rings. The molecule has 0 saturated carbocycles. The molecule has 2 aromatic heterocycles. The van der Waals surface area contributed by atoms with Crippen LogP contribution in [-0.4, -0.2) is 15.1 Å². The lowest BCUT2D eigenvalue weighted by molar-refractivity contribution is 0.385. The Labute approximate surface area is 154 Å². The van der Waals surface area contributed by atoms with E-state index in [1.165, 1.54) is 5.56 Å². The van der Waals surface area contributed by atoms with Gasteiger partial charge in [-0.2, -0.15) is 4.98 Å². The van der Waals surface area contributed by atoms with Gasteiger partial charge >= 0.3 is 0 Å². The Balaban J connectivity index is 1.52. The predicted octanol–water partition coefficient (Wildman–Crippen LogP) is 5.41. The van der Waals surface area contributed by atoms with Crippen molar-refractivity contribution in [3.8, 4) is 22.6 Å². The minimum absolute atomic E-state index is 0.518. The zero-order chi connectivity index (χ0) is 17.2. The Kier molecular flexibility index (Phi) is 4.34. The van der Waals surface area contributed by atoms with Gasteiger partial charge in [-0.25, -0.2) is 4.98 Å². The molecule has 0 amide bonds. The van der Waals surface area contributed by atoms with Crippen molar-refractivity contribution < 1.29 is 4.52 Å². The minimum Gasteiger partial charge on any atom is -0.339 e. The molecule has 4 rings (SSSR count). The zero-order valence-corrected chi connectivity index (χ0v) is 15.0. The summed E-state index contributed by atoms with van der Waals surface area (Å²) in [5, 5.41) is 7.70. The molecule has 0 aliphatic heterocycles. The third kappa shape index (κ3) is 3.62. The van der Waals surface area contributed by atoms with Crippen molar-refractivity contribution in [2.24, 2.45) is 0 Å². The second-order valence-electron chi connectivity index (χ2n) is 5.69. The van der Waals surface area contributed by atoms with Gasteiger partial charge in [-0.15, -0.1) is 11.3 Å². The van der Waals surface area contributed by atoms with Crippen molar-refractivity contribution >= 4 is 22.9 Å². The molecule has 0 spiro atoms. The SMILES string of the molecule is Cc1ccc(-c2noc(Cc3nc(-c4cccc(Cl)c4)cs3)n2)cc1. The molecule has 6 heteroatoms. The summed E-state index contributed by atoms with van der Waals surface area (Å²) in [4.78, 5) is 9.11. The number of aromatic nitrogens is 3. The lowest BCUT2D eigenvalue weighted by Crippen LogP contribution is -1.88. The van der Waals surface area contributed by atoms with Crippen molar-refractivity contribution in [1.82, 2.24) is 15.1 Å². The van der Waals surface area contributed by atoms with E-state index in [-0.39, 0.29) is 0 Å². The second-order valence-corrected chi connectivity index (χ2v) is 7.07. The van der Waals surface area contributed by atoms with E-state index >= 15 is 0 Å². The molecule has 2 aromatic carbocycles. The van der Waals surface area contributed by atoms with E-state index in [9.17, 15) is 0 Å². The van der Waals surface area contributed by atoms with E-state index in [1.807, 2.05) is 60.8 Å². The highest BCUT2D eigenvalue weighted by Gasteiger charge is 2.12. The van der Waals surface area contributed by atoms with Crippen LogP contribution in [0.5, 0.6) is 0 Å². The average molecular weight is 368 g/mol. The van der Waals surface area contributed by atoms with Crippen molar-refractivity contribution in [3.63, 3.8) is 0 Å². The minimum atomic E-state index is 0.518. The first-order valence-electron chi connectivity index (χ1n) is 7.77. The van der Waals surface area contributed by atoms with Crippen LogP contribution < -0.4 is 0 Å². The van der Waals surface area contributed by atoms with Crippen molar-refractivity contribution in [2.45, 2.75) is 13.3 Å². The Morgan fingerprint density at radius 3 is 2.68 bits per heavy atom. The normalized spacial score (nSPS) is 11.0. The molecule has 0 unspecified atom stereocenters. The summed E-state index contributed by atoms with van der Waals surface area (Å²) >= 11 is 7.61. The van der Waals surface area contributed by atoms with Crippen molar-refractivity contribution in [2.75, 3.05) is 0 Å². The molecule has 2 heterocycles. The molecular formula is C19H14ClN3OS. The molecular weight excluding hydrogens is 354 g/mol. The monoisotopic (exact) mass is 367 g/mol. The molecule has 0 atom stereocenters. The zero-order valence-electron chi connectivity index (χ0n) is 13.4. The standard InChI is InChI=1S/C19H14ClN3OS/c1-12-5-7-13(8-6-12)19-22-17(24-23-19)10-18-21-16(11-25-18)14-3-2-4-15(20)9-14/h2-9,11H,10H2,1H3. The highest BCUT2D eigenvalue weighted by atomic mass is 35.5. The van der Waals surface area contributed by atoms with Gasteiger partial charge in [0.25, 0.3) is 0 Å². The highest BCUT2D eigenvalue weighted by molar-refractivity contribution is 7.10. The smallest absolute Gasteiger partial charge is 0.233 e. The van der Waals surface area contributed by atoms with Crippen molar-refractivity contribution in [3.05, 3.63) is 75.4 Å². The first-order valence-corrected chi connectivity index (χ1v) is 9.03. The van der Waals surface area contributed by atoms with Crippen molar-refractivity contribution in [1.29, 1.82) is 0 Å². The van der Waals surface area contributed by atoms with Crippen LogP contribution in [0.1, 0.15) is 16.5 Å². The lowest BCUT2D eigenvalue weighted by atomic mass is 10.1. The Hall–Kier alpha value is -2.50. The van der Waals surface area contributed by atoms with Gasteiger partial charge in [0, 0.05) is 21.5 Å². The maximum absolute atomic E-state index is 6.04. The molecule has 0 saturated heterocycles. The second kappa shape index (κ2) is 6.78. The van der Waals surface area contributed by atoms with Crippen LogP contribution in [0.15, 0.2) is 58.4 Å². The number of hydrogen-bond acceptors (Lipinski definition) is 5. The van der Waals surface area contributed by atoms with Gasteiger partial charge in [0.1, 0.15) is 5.01 Å². The van der Waals surface area contributed by atoms with Gasteiger partial charge in [-0.3, -0.25) is 0 Å². The Morgan fingerprint density at radius 1 is 1.04 bits per heavy atom. The molecule has 124 valence electrons. The number of benzene rings is 2. The number of nitrogens with zero attached hydrogens (tertiary/aromatic N) is 3. The number of aryl methyl sites for hydroxylation is 1. The molecule has 0 fully saturated rings. The third-order valence-corrected chi connectivity index (χ3v) is 4.84.